The number of nitrogens with zero attached hydrogens (tertiary/aromatic N) is 6. The lowest BCUT2D eigenvalue weighted by molar-refractivity contribution is 0.0746. The van der Waals surface area contributed by atoms with Crippen molar-refractivity contribution in [1.29, 1.82) is 0 Å². The monoisotopic (exact) mass is 563 g/mol. The Balaban J connectivity index is 1.22. The van der Waals surface area contributed by atoms with Crippen molar-refractivity contribution in [3.63, 3.8) is 0 Å². The molecule has 0 unspecified atom stereocenters. The molecule has 2 aromatic heterocycles. The third-order valence-corrected chi connectivity index (χ3v) is 7.75. The Kier molecular flexibility index (Phi) is 7.35. The number of benzene rings is 2. The average Bonchev–Trinajstić information content (AvgIpc) is 3.11. The van der Waals surface area contributed by atoms with Crippen LogP contribution >= 0.6 is 0 Å². The summed E-state index contributed by atoms with van der Waals surface area (Å²) in [7, 11) is 3.70. The number of pyridine rings is 2. The van der Waals surface area contributed by atoms with E-state index in [1.54, 1.807) is 30.4 Å². The highest BCUT2D eigenvalue weighted by atomic mass is 16.5. The summed E-state index contributed by atoms with van der Waals surface area (Å²) >= 11 is 0. The van der Waals surface area contributed by atoms with E-state index in [4.69, 9.17) is 4.74 Å². The van der Waals surface area contributed by atoms with Crippen LogP contribution in [0.4, 0.5) is 34.3 Å². The fourth-order valence-electron chi connectivity index (χ4n) is 5.46. The van der Waals surface area contributed by atoms with Crippen molar-refractivity contribution in [3.8, 4) is 5.75 Å². The summed E-state index contributed by atoms with van der Waals surface area (Å²) in [5.41, 5.74) is 5.34. The highest BCUT2D eigenvalue weighted by Crippen LogP contribution is 2.40. The number of para-hydroxylation sites is 1. The number of anilines is 6. The van der Waals surface area contributed by atoms with Crippen LogP contribution in [0.15, 0.2) is 79.3 Å². The minimum absolute atomic E-state index is 0.0236. The number of piperazine rings is 1. The minimum atomic E-state index is -0.0870. The molecule has 6 rings (SSSR count). The molecule has 10 heteroatoms. The fraction of sp³-hybridized carbons (Fsp3) is 0.250. The van der Waals surface area contributed by atoms with Crippen molar-refractivity contribution in [1.82, 2.24) is 14.9 Å². The van der Waals surface area contributed by atoms with Crippen LogP contribution in [-0.2, 0) is 0 Å². The zero-order valence-corrected chi connectivity index (χ0v) is 23.9. The van der Waals surface area contributed by atoms with Gasteiger partial charge in [0, 0.05) is 58.1 Å². The van der Waals surface area contributed by atoms with E-state index >= 15 is 0 Å². The van der Waals surface area contributed by atoms with Crippen molar-refractivity contribution in [3.05, 3.63) is 90.4 Å². The Hall–Kier alpha value is -5.12. The first-order chi connectivity index (χ1) is 20.4. The summed E-state index contributed by atoms with van der Waals surface area (Å²) < 4.78 is 5.95. The molecule has 0 atom stereocenters. The molecule has 2 aliphatic rings. The van der Waals surface area contributed by atoms with Crippen molar-refractivity contribution < 1.29 is 14.3 Å². The van der Waals surface area contributed by atoms with Crippen LogP contribution in [0, 0.1) is 0 Å². The first kappa shape index (κ1) is 27.1. The minimum Gasteiger partial charge on any atom is -0.492 e. The standard InChI is InChI=1S/C32H33N7O3/c1-4-42-29-18-22(31(40)39-16-14-38(15-17-39)23-8-7-13-33-20-23)11-12-25(29)35-30-19-27-28(21-34-30)37(3)32(41)24-9-5-6-10-26(24)36(27)2/h5-13,18-21H,4,14-17H2,1-3H3,(H,34,35). The summed E-state index contributed by atoms with van der Waals surface area (Å²) in [5, 5.41) is 3.36. The molecule has 0 aliphatic carbocycles. The molecule has 0 bridgehead atoms. The molecule has 42 heavy (non-hydrogen) atoms. The van der Waals surface area contributed by atoms with E-state index in [9.17, 15) is 9.59 Å². The van der Waals surface area contributed by atoms with E-state index in [1.165, 1.54) is 0 Å². The van der Waals surface area contributed by atoms with E-state index in [-0.39, 0.29) is 11.8 Å². The number of ether oxygens (including phenoxy) is 1. The van der Waals surface area contributed by atoms with E-state index in [0.29, 0.717) is 53.8 Å². The lowest BCUT2D eigenvalue weighted by Crippen LogP contribution is -2.48. The van der Waals surface area contributed by atoms with Gasteiger partial charge in [-0.3, -0.25) is 14.6 Å². The first-order valence-corrected chi connectivity index (χ1v) is 14.0. The number of carbonyl (C=O) groups excluding carboxylic acids is 2. The molecule has 2 aliphatic heterocycles. The lowest BCUT2D eigenvalue weighted by atomic mass is 10.1. The van der Waals surface area contributed by atoms with Gasteiger partial charge in [-0.05, 0) is 49.4 Å². The van der Waals surface area contributed by atoms with Gasteiger partial charge in [-0.15, -0.1) is 0 Å². The molecular formula is C32H33N7O3. The molecule has 2 aromatic carbocycles. The van der Waals surface area contributed by atoms with Gasteiger partial charge in [0.05, 0.1) is 53.0 Å². The van der Waals surface area contributed by atoms with Gasteiger partial charge < -0.3 is 29.7 Å². The fourth-order valence-corrected chi connectivity index (χ4v) is 5.46. The second-order valence-electron chi connectivity index (χ2n) is 10.3. The van der Waals surface area contributed by atoms with Gasteiger partial charge in [-0.1, -0.05) is 12.1 Å². The normalized spacial score (nSPS) is 14.7. The molecule has 1 fully saturated rings. The molecule has 4 heterocycles. The molecule has 4 aromatic rings. The third kappa shape index (κ3) is 5.07. The van der Waals surface area contributed by atoms with Gasteiger partial charge >= 0.3 is 0 Å². The number of hydrogen-bond donors (Lipinski definition) is 1. The van der Waals surface area contributed by atoms with Gasteiger partial charge in [-0.2, -0.15) is 0 Å². The maximum Gasteiger partial charge on any atom is 0.260 e. The second kappa shape index (κ2) is 11.4. The van der Waals surface area contributed by atoms with Crippen molar-refractivity contribution in [2.75, 3.05) is 66.9 Å². The summed E-state index contributed by atoms with van der Waals surface area (Å²) in [6.45, 7) is 5.11. The summed E-state index contributed by atoms with van der Waals surface area (Å²) in [4.78, 5) is 43.1. The van der Waals surface area contributed by atoms with Gasteiger partial charge in [0.25, 0.3) is 11.8 Å². The van der Waals surface area contributed by atoms with Gasteiger partial charge in [0.15, 0.2) is 0 Å². The molecule has 2 amide bonds. The third-order valence-electron chi connectivity index (χ3n) is 7.75. The zero-order chi connectivity index (χ0) is 29.2. The van der Waals surface area contributed by atoms with Gasteiger partial charge in [0.1, 0.15) is 11.6 Å². The molecule has 0 radical (unpaired) electrons. The van der Waals surface area contributed by atoms with Crippen LogP contribution < -0.4 is 24.8 Å². The van der Waals surface area contributed by atoms with E-state index in [2.05, 4.69) is 20.2 Å². The lowest BCUT2D eigenvalue weighted by Gasteiger charge is -2.36. The van der Waals surface area contributed by atoms with Crippen LogP contribution in [0.25, 0.3) is 0 Å². The van der Waals surface area contributed by atoms with Crippen molar-refractivity contribution in [2.45, 2.75) is 6.92 Å². The smallest absolute Gasteiger partial charge is 0.260 e. The van der Waals surface area contributed by atoms with E-state index in [1.807, 2.05) is 84.6 Å². The summed E-state index contributed by atoms with van der Waals surface area (Å²) in [6.07, 6.45) is 5.31. The maximum absolute atomic E-state index is 13.4. The van der Waals surface area contributed by atoms with Gasteiger partial charge in [-0.25, -0.2) is 4.98 Å². The number of hydrogen-bond acceptors (Lipinski definition) is 8. The maximum atomic E-state index is 13.4. The van der Waals surface area contributed by atoms with Crippen molar-refractivity contribution in [2.24, 2.45) is 0 Å². The molecule has 0 saturated carbocycles. The van der Waals surface area contributed by atoms with Crippen molar-refractivity contribution >= 4 is 46.1 Å². The first-order valence-electron chi connectivity index (χ1n) is 14.0. The molecule has 1 N–H and O–H groups in total. The zero-order valence-electron chi connectivity index (χ0n) is 23.9. The number of nitrogens with one attached hydrogen (secondary N) is 1. The topological polar surface area (TPSA) is 94.1 Å². The molecule has 0 spiro atoms. The van der Waals surface area contributed by atoms with E-state index < -0.39 is 0 Å². The van der Waals surface area contributed by atoms with Crippen LogP contribution in [0.1, 0.15) is 27.6 Å². The van der Waals surface area contributed by atoms with Crippen LogP contribution in [0.5, 0.6) is 5.75 Å². The van der Waals surface area contributed by atoms with Crippen LogP contribution in [0.2, 0.25) is 0 Å². The predicted molar refractivity (Wildman–Crippen MR) is 165 cm³/mol. The largest absolute Gasteiger partial charge is 0.492 e. The molecule has 1 saturated heterocycles. The predicted octanol–water partition coefficient (Wildman–Crippen LogP) is 4.94. The number of rotatable bonds is 6. The molecule has 214 valence electrons. The highest BCUT2D eigenvalue weighted by molar-refractivity contribution is 6.13. The number of amides is 2. The molecule has 10 nitrogen and oxygen atoms in total. The number of fused-ring (bicyclic) bond motifs is 2. The average molecular weight is 564 g/mol. The Morgan fingerprint density at radius 3 is 2.48 bits per heavy atom. The Morgan fingerprint density at radius 2 is 1.71 bits per heavy atom. The summed E-state index contributed by atoms with van der Waals surface area (Å²) in [6, 6.07) is 18.9. The number of carbonyl (C=O) groups is 2. The van der Waals surface area contributed by atoms with Gasteiger partial charge in [0.2, 0.25) is 0 Å². The SMILES string of the molecule is CCOc1cc(C(=O)N2CCN(c3cccnc3)CC2)ccc1Nc1cc2c(cn1)N(C)C(=O)c1ccccc1N2C. The summed E-state index contributed by atoms with van der Waals surface area (Å²) in [5.74, 6) is 1.05. The van der Waals surface area contributed by atoms with Crippen LogP contribution in [0.3, 0.4) is 0 Å². The second-order valence-corrected chi connectivity index (χ2v) is 10.3. The Morgan fingerprint density at radius 1 is 0.905 bits per heavy atom. The Labute approximate surface area is 245 Å². The Bertz CT molecular complexity index is 1620. The quantitative estimate of drug-likeness (QED) is 0.353. The molecular weight excluding hydrogens is 530 g/mol. The number of aromatic nitrogens is 2. The van der Waals surface area contributed by atoms with Crippen LogP contribution in [-0.4, -0.2) is 73.6 Å². The van der Waals surface area contributed by atoms with E-state index in [0.717, 1.165) is 30.2 Å². The highest BCUT2D eigenvalue weighted by Gasteiger charge is 2.28.